The summed E-state index contributed by atoms with van der Waals surface area (Å²) < 4.78 is 16.2. The van der Waals surface area contributed by atoms with Crippen molar-refractivity contribution in [3.63, 3.8) is 0 Å². The van der Waals surface area contributed by atoms with E-state index >= 15 is 0 Å². The summed E-state index contributed by atoms with van der Waals surface area (Å²) in [7, 11) is 3.43. The van der Waals surface area contributed by atoms with Crippen molar-refractivity contribution in [2.45, 2.75) is 13.0 Å². The molecule has 1 aliphatic heterocycles. The first kappa shape index (κ1) is 16.2. The van der Waals surface area contributed by atoms with Gasteiger partial charge < -0.3 is 19.1 Å². The van der Waals surface area contributed by atoms with Crippen LogP contribution in [0.5, 0.6) is 17.2 Å². The van der Waals surface area contributed by atoms with E-state index in [-0.39, 0.29) is 11.9 Å². The predicted octanol–water partition coefficient (Wildman–Crippen LogP) is 3.30. The summed E-state index contributed by atoms with van der Waals surface area (Å²) in [5, 5.41) is 0. The number of hydrogen-bond donors (Lipinski definition) is 0. The molecule has 1 aliphatic rings. The molecule has 3 rings (SSSR count). The summed E-state index contributed by atoms with van der Waals surface area (Å²) in [5.41, 5.74) is 1.63. The number of benzene rings is 2. The van der Waals surface area contributed by atoms with Gasteiger partial charge in [-0.05, 0) is 42.8 Å². The van der Waals surface area contributed by atoms with Gasteiger partial charge in [0.15, 0.2) is 11.5 Å². The average Bonchev–Trinajstić information content (AvgIpc) is 2.66. The highest BCUT2D eigenvalue weighted by atomic mass is 16.6. The van der Waals surface area contributed by atoms with Crippen molar-refractivity contribution >= 4 is 5.91 Å². The van der Waals surface area contributed by atoms with Crippen molar-refractivity contribution in [1.29, 1.82) is 0 Å². The van der Waals surface area contributed by atoms with Crippen LogP contribution in [0.1, 0.15) is 28.9 Å². The third-order valence-electron chi connectivity index (χ3n) is 4.29. The number of carbonyl (C=O) groups excluding carboxylic acids is 1. The maximum Gasteiger partial charge on any atom is 0.254 e. The molecule has 5 heteroatoms. The quantitative estimate of drug-likeness (QED) is 0.864. The lowest BCUT2D eigenvalue weighted by molar-refractivity contribution is 0.0741. The molecule has 2 aromatic carbocycles. The number of hydrogen-bond acceptors (Lipinski definition) is 4. The van der Waals surface area contributed by atoms with Crippen LogP contribution in [-0.4, -0.2) is 38.2 Å². The molecule has 0 fully saturated rings. The molecule has 0 bridgehead atoms. The Morgan fingerprint density at radius 2 is 1.75 bits per heavy atom. The smallest absolute Gasteiger partial charge is 0.254 e. The Morgan fingerprint density at radius 1 is 1.08 bits per heavy atom. The molecule has 0 saturated heterocycles. The van der Waals surface area contributed by atoms with Crippen LogP contribution in [0.4, 0.5) is 0 Å². The van der Waals surface area contributed by atoms with Gasteiger partial charge in [0, 0.05) is 12.6 Å². The van der Waals surface area contributed by atoms with Crippen molar-refractivity contribution in [1.82, 2.24) is 4.90 Å². The van der Waals surface area contributed by atoms with E-state index in [1.165, 1.54) is 0 Å². The predicted molar refractivity (Wildman–Crippen MR) is 90.9 cm³/mol. The first-order valence-electron chi connectivity index (χ1n) is 7.91. The second-order valence-corrected chi connectivity index (χ2v) is 5.72. The summed E-state index contributed by atoms with van der Waals surface area (Å²) >= 11 is 0. The van der Waals surface area contributed by atoms with Crippen molar-refractivity contribution in [3.05, 3.63) is 53.6 Å². The molecule has 1 amide bonds. The van der Waals surface area contributed by atoms with Gasteiger partial charge in [-0.15, -0.1) is 0 Å². The fourth-order valence-electron chi connectivity index (χ4n) is 2.66. The van der Waals surface area contributed by atoms with Crippen LogP contribution in [0.3, 0.4) is 0 Å². The fourth-order valence-corrected chi connectivity index (χ4v) is 2.66. The Bertz CT molecular complexity index is 727. The first-order chi connectivity index (χ1) is 11.6. The molecule has 0 N–H and O–H groups in total. The van der Waals surface area contributed by atoms with Gasteiger partial charge in [0.2, 0.25) is 0 Å². The van der Waals surface area contributed by atoms with Crippen LogP contribution >= 0.6 is 0 Å². The maximum absolute atomic E-state index is 12.8. The van der Waals surface area contributed by atoms with E-state index < -0.39 is 0 Å². The maximum atomic E-state index is 12.8. The number of rotatable bonds is 4. The largest absolute Gasteiger partial charge is 0.497 e. The lowest BCUT2D eigenvalue weighted by atomic mass is 10.1. The molecule has 24 heavy (non-hydrogen) atoms. The van der Waals surface area contributed by atoms with Crippen LogP contribution in [0.15, 0.2) is 42.5 Å². The van der Waals surface area contributed by atoms with E-state index in [1.54, 1.807) is 37.3 Å². The molecule has 0 aromatic heterocycles. The van der Waals surface area contributed by atoms with Gasteiger partial charge in [0.1, 0.15) is 19.0 Å². The van der Waals surface area contributed by atoms with E-state index in [0.29, 0.717) is 30.3 Å². The van der Waals surface area contributed by atoms with E-state index in [1.807, 2.05) is 31.2 Å². The molecule has 0 radical (unpaired) electrons. The summed E-state index contributed by atoms with van der Waals surface area (Å²) in [6.07, 6.45) is 0. The summed E-state index contributed by atoms with van der Waals surface area (Å²) in [4.78, 5) is 14.5. The Balaban J connectivity index is 1.78. The molecule has 0 spiro atoms. The molecule has 0 aliphatic carbocycles. The Morgan fingerprint density at radius 3 is 2.42 bits per heavy atom. The number of fused-ring (bicyclic) bond motifs is 1. The van der Waals surface area contributed by atoms with E-state index in [9.17, 15) is 4.79 Å². The number of methoxy groups -OCH3 is 1. The number of amides is 1. The van der Waals surface area contributed by atoms with E-state index in [0.717, 1.165) is 11.3 Å². The van der Waals surface area contributed by atoms with Gasteiger partial charge in [-0.2, -0.15) is 0 Å². The molecule has 1 atom stereocenters. The lowest BCUT2D eigenvalue weighted by Crippen LogP contribution is -2.29. The average molecular weight is 327 g/mol. The first-order valence-corrected chi connectivity index (χ1v) is 7.91. The molecule has 2 aromatic rings. The zero-order chi connectivity index (χ0) is 17.1. The van der Waals surface area contributed by atoms with Gasteiger partial charge in [0.25, 0.3) is 5.91 Å². The molecule has 5 nitrogen and oxygen atoms in total. The Labute approximate surface area is 141 Å². The van der Waals surface area contributed by atoms with Gasteiger partial charge in [-0.25, -0.2) is 0 Å². The molecular formula is C19H21NO4. The Kier molecular flexibility index (Phi) is 4.60. The van der Waals surface area contributed by atoms with Gasteiger partial charge >= 0.3 is 0 Å². The molecule has 126 valence electrons. The third kappa shape index (κ3) is 3.15. The van der Waals surface area contributed by atoms with Gasteiger partial charge in [-0.3, -0.25) is 4.79 Å². The highest BCUT2D eigenvalue weighted by molar-refractivity contribution is 5.95. The normalized spacial score (nSPS) is 14.0. The molecule has 1 heterocycles. The standard InChI is InChI=1S/C19H21NO4/c1-13(14-4-7-16(22-3)8-5-14)20(2)19(21)15-6-9-17-18(12-15)24-11-10-23-17/h4-9,12-13H,10-11H2,1-3H3. The van der Waals surface area contributed by atoms with Crippen LogP contribution in [0.2, 0.25) is 0 Å². The van der Waals surface area contributed by atoms with Crippen LogP contribution in [-0.2, 0) is 0 Å². The fraction of sp³-hybridized carbons (Fsp3) is 0.316. The van der Waals surface area contributed by atoms with Crippen LogP contribution in [0.25, 0.3) is 0 Å². The summed E-state index contributed by atoms with van der Waals surface area (Å²) in [5.74, 6) is 2.04. The van der Waals surface area contributed by atoms with Crippen LogP contribution < -0.4 is 14.2 Å². The van der Waals surface area contributed by atoms with E-state index in [2.05, 4.69) is 0 Å². The summed E-state index contributed by atoms with van der Waals surface area (Å²) in [6, 6.07) is 13.0. The van der Waals surface area contributed by atoms with Crippen molar-refractivity contribution in [2.75, 3.05) is 27.4 Å². The SMILES string of the molecule is COc1ccc(C(C)N(C)C(=O)c2ccc3c(c2)OCCO3)cc1. The van der Waals surface area contributed by atoms with Crippen molar-refractivity contribution in [2.24, 2.45) is 0 Å². The van der Waals surface area contributed by atoms with Crippen LogP contribution in [0, 0.1) is 0 Å². The monoisotopic (exact) mass is 327 g/mol. The minimum atomic E-state index is -0.0599. The van der Waals surface area contributed by atoms with Gasteiger partial charge in [0.05, 0.1) is 13.2 Å². The Hall–Kier alpha value is -2.69. The van der Waals surface area contributed by atoms with Crippen molar-refractivity contribution in [3.8, 4) is 17.2 Å². The molecular weight excluding hydrogens is 306 g/mol. The summed E-state index contributed by atoms with van der Waals surface area (Å²) in [6.45, 7) is 3.04. The molecule has 1 unspecified atom stereocenters. The highest BCUT2D eigenvalue weighted by Gasteiger charge is 2.21. The number of carbonyl (C=O) groups is 1. The van der Waals surface area contributed by atoms with E-state index in [4.69, 9.17) is 14.2 Å². The van der Waals surface area contributed by atoms with Crippen molar-refractivity contribution < 1.29 is 19.0 Å². The van der Waals surface area contributed by atoms with Gasteiger partial charge in [-0.1, -0.05) is 12.1 Å². The molecule has 0 saturated carbocycles. The third-order valence-corrected chi connectivity index (χ3v) is 4.29. The zero-order valence-electron chi connectivity index (χ0n) is 14.1. The second-order valence-electron chi connectivity index (χ2n) is 5.72. The topological polar surface area (TPSA) is 48.0 Å². The number of ether oxygens (including phenoxy) is 3. The second kappa shape index (κ2) is 6.83. The minimum absolute atomic E-state index is 0.0587. The number of nitrogens with zero attached hydrogens (tertiary/aromatic N) is 1. The zero-order valence-corrected chi connectivity index (χ0v) is 14.1. The highest BCUT2D eigenvalue weighted by Crippen LogP contribution is 2.32. The lowest BCUT2D eigenvalue weighted by Gasteiger charge is -2.26. The minimum Gasteiger partial charge on any atom is -0.497 e.